The molecule has 0 aliphatic heterocycles. The lowest BCUT2D eigenvalue weighted by molar-refractivity contribution is -0.135. The second kappa shape index (κ2) is 6.74. The van der Waals surface area contributed by atoms with Crippen LogP contribution in [0, 0.1) is 5.82 Å². The quantitative estimate of drug-likeness (QED) is 0.865. The van der Waals surface area contributed by atoms with Crippen molar-refractivity contribution in [3.05, 3.63) is 58.3 Å². The van der Waals surface area contributed by atoms with Crippen molar-refractivity contribution in [2.24, 2.45) is 0 Å². The van der Waals surface area contributed by atoms with E-state index in [-0.39, 0.29) is 20.6 Å². The second-order valence-electron chi connectivity index (χ2n) is 4.46. The number of carboxylic acid groups (broad SMARTS) is 1. The molecule has 2 aromatic rings. The van der Waals surface area contributed by atoms with Gasteiger partial charge in [-0.15, -0.1) is 0 Å². The zero-order chi connectivity index (χ0) is 17.2. The first-order valence-electron chi connectivity index (χ1n) is 6.17. The van der Waals surface area contributed by atoms with Crippen molar-refractivity contribution in [1.82, 2.24) is 0 Å². The van der Waals surface area contributed by atoms with Crippen LogP contribution in [-0.4, -0.2) is 26.0 Å². The molecule has 0 saturated carbocycles. The van der Waals surface area contributed by atoms with Gasteiger partial charge < -0.3 is 5.11 Å². The molecule has 0 aromatic heterocycles. The lowest BCUT2D eigenvalue weighted by Gasteiger charge is -2.23. The van der Waals surface area contributed by atoms with Crippen LogP contribution in [0.15, 0.2) is 47.4 Å². The molecule has 122 valence electrons. The second-order valence-corrected chi connectivity index (χ2v) is 7.16. The van der Waals surface area contributed by atoms with E-state index in [0.29, 0.717) is 4.31 Å². The van der Waals surface area contributed by atoms with Crippen LogP contribution >= 0.6 is 23.2 Å². The predicted molar refractivity (Wildman–Crippen MR) is 85.0 cm³/mol. The van der Waals surface area contributed by atoms with Crippen LogP contribution in [0.2, 0.25) is 10.0 Å². The highest BCUT2D eigenvalue weighted by atomic mass is 35.5. The van der Waals surface area contributed by atoms with E-state index < -0.39 is 28.4 Å². The zero-order valence-corrected chi connectivity index (χ0v) is 13.7. The van der Waals surface area contributed by atoms with Gasteiger partial charge in [0.1, 0.15) is 12.4 Å². The molecule has 0 atom stereocenters. The Morgan fingerprint density at radius 3 is 2.26 bits per heavy atom. The summed E-state index contributed by atoms with van der Waals surface area (Å²) >= 11 is 11.7. The number of nitrogens with zero attached hydrogens (tertiary/aromatic N) is 1. The average molecular weight is 378 g/mol. The summed E-state index contributed by atoms with van der Waals surface area (Å²) < 4.78 is 38.9. The first kappa shape index (κ1) is 17.5. The fourth-order valence-electron chi connectivity index (χ4n) is 1.84. The maximum atomic E-state index is 13.0. The number of halogens is 3. The van der Waals surface area contributed by atoms with Crippen LogP contribution in [0.1, 0.15) is 0 Å². The fourth-order valence-corrected chi connectivity index (χ4v) is 3.83. The molecule has 1 N–H and O–H groups in total. The summed E-state index contributed by atoms with van der Waals surface area (Å²) in [6.07, 6.45) is 0. The third-order valence-electron chi connectivity index (χ3n) is 2.86. The van der Waals surface area contributed by atoms with Crippen molar-refractivity contribution in [3.63, 3.8) is 0 Å². The maximum absolute atomic E-state index is 13.0. The summed E-state index contributed by atoms with van der Waals surface area (Å²) in [7, 11) is -4.24. The number of hydrogen-bond acceptors (Lipinski definition) is 3. The third-order valence-corrected chi connectivity index (χ3v) is 5.17. The Hall–Kier alpha value is -1.83. The van der Waals surface area contributed by atoms with Crippen molar-refractivity contribution in [3.8, 4) is 0 Å². The first-order chi connectivity index (χ1) is 10.7. The van der Waals surface area contributed by atoms with Gasteiger partial charge >= 0.3 is 5.97 Å². The Balaban J connectivity index is 2.57. The van der Waals surface area contributed by atoms with Crippen molar-refractivity contribution in [1.29, 1.82) is 0 Å². The van der Waals surface area contributed by atoms with Gasteiger partial charge in [0, 0.05) is 5.02 Å². The van der Waals surface area contributed by atoms with Gasteiger partial charge in [-0.2, -0.15) is 0 Å². The molecule has 9 heteroatoms. The number of benzene rings is 2. The summed E-state index contributed by atoms with van der Waals surface area (Å²) in [5, 5.41) is 9.26. The number of anilines is 1. The summed E-state index contributed by atoms with van der Waals surface area (Å²) in [6.45, 7) is -0.846. The van der Waals surface area contributed by atoms with E-state index in [1.54, 1.807) is 0 Å². The van der Waals surface area contributed by atoms with Gasteiger partial charge in [0.25, 0.3) is 10.0 Å². The average Bonchev–Trinajstić information content (AvgIpc) is 2.45. The number of sulfonamides is 1. The van der Waals surface area contributed by atoms with Crippen LogP contribution in [0.3, 0.4) is 0 Å². The molecule has 0 heterocycles. The van der Waals surface area contributed by atoms with E-state index in [0.717, 1.165) is 24.3 Å². The Morgan fingerprint density at radius 1 is 1.13 bits per heavy atom. The molecular formula is C14H10Cl2FNO4S. The van der Waals surface area contributed by atoms with Crippen molar-refractivity contribution < 1.29 is 22.7 Å². The normalized spacial score (nSPS) is 11.3. The molecule has 0 amide bonds. The molecular weight excluding hydrogens is 368 g/mol. The molecule has 0 spiro atoms. The molecule has 0 aliphatic carbocycles. The van der Waals surface area contributed by atoms with Crippen LogP contribution in [0.4, 0.5) is 10.1 Å². The van der Waals surface area contributed by atoms with Crippen LogP contribution in [0.5, 0.6) is 0 Å². The largest absolute Gasteiger partial charge is 0.480 e. The van der Waals surface area contributed by atoms with Gasteiger partial charge in [-0.1, -0.05) is 23.2 Å². The van der Waals surface area contributed by atoms with E-state index >= 15 is 0 Å². The van der Waals surface area contributed by atoms with Crippen LogP contribution in [-0.2, 0) is 14.8 Å². The summed E-state index contributed by atoms with van der Waals surface area (Å²) in [5.41, 5.74) is -0.0391. The SMILES string of the molecule is O=C(O)CN(c1ccc(Cl)cc1Cl)S(=O)(=O)c1ccc(F)cc1. The zero-order valence-electron chi connectivity index (χ0n) is 11.4. The maximum Gasteiger partial charge on any atom is 0.324 e. The van der Waals surface area contributed by atoms with E-state index in [4.69, 9.17) is 28.3 Å². The highest BCUT2D eigenvalue weighted by Gasteiger charge is 2.28. The number of aliphatic carboxylic acids is 1. The van der Waals surface area contributed by atoms with Gasteiger partial charge in [0.15, 0.2) is 0 Å². The molecule has 0 unspecified atom stereocenters. The van der Waals surface area contributed by atoms with Gasteiger partial charge in [-0.05, 0) is 42.5 Å². The monoisotopic (exact) mass is 377 g/mol. The summed E-state index contributed by atoms with van der Waals surface area (Å²) in [5.74, 6) is -1.99. The molecule has 5 nitrogen and oxygen atoms in total. The van der Waals surface area contributed by atoms with Gasteiger partial charge in [0.05, 0.1) is 15.6 Å². The molecule has 0 bridgehead atoms. The molecule has 0 radical (unpaired) electrons. The molecule has 0 saturated heterocycles. The van der Waals surface area contributed by atoms with E-state index in [9.17, 15) is 17.6 Å². The minimum Gasteiger partial charge on any atom is -0.480 e. The smallest absolute Gasteiger partial charge is 0.324 e. The molecule has 2 rings (SSSR count). The third kappa shape index (κ3) is 3.93. The first-order valence-corrected chi connectivity index (χ1v) is 8.36. The Morgan fingerprint density at radius 2 is 1.74 bits per heavy atom. The van der Waals surface area contributed by atoms with E-state index in [1.807, 2.05) is 0 Å². The van der Waals surface area contributed by atoms with Gasteiger partial charge in [-0.25, -0.2) is 12.8 Å². The van der Waals surface area contributed by atoms with Gasteiger partial charge in [-0.3, -0.25) is 9.10 Å². The molecule has 0 fully saturated rings. The lowest BCUT2D eigenvalue weighted by atomic mass is 10.3. The topological polar surface area (TPSA) is 74.7 Å². The van der Waals surface area contributed by atoms with Crippen molar-refractivity contribution >= 4 is 44.9 Å². The van der Waals surface area contributed by atoms with Gasteiger partial charge in [0.2, 0.25) is 0 Å². The number of hydrogen-bond donors (Lipinski definition) is 1. The highest BCUT2D eigenvalue weighted by Crippen LogP contribution is 2.32. The Kier molecular flexibility index (Phi) is 5.13. The predicted octanol–water partition coefficient (Wildman–Crippen LogP) is 3.41. The number of carboxylic acids is 1. The fraction of sp³-hybridized carbons (Fsp3) is 0.0714. The van der Waals surface area contributed by atoms with E-state index in [2.05, 4.69) is 0 Å². The summed E-state index contributed by atoms with van der Waals surface area (Å²) in [6, 6.07) is 8.01. The highest BCUT2D eigenvalue weighted by molar-refractivity contribution is 7.92. The summed E-state index contributed by atoms with van der Waals surface area (Å²) in [4.78, 5) is 10.8. The van der Waals surface area contributed by atoms with E-state index in [1.165, 1.54) is 18.2 Å². The minimum absolute atomic E-state index is 0.0237. The molecule has 23 heavy (non-hydrogen) atoms. The Labute approximate surface area is 141 Å². The minimum atomic E-state index is -4.24. The molecule has 0 aliphatic rings. The van der Waals surface area contributed by atoms with Crippen molar-refractivity contribution in [2.45, 2.75) is 4.90 Å². The number of rotatable bonds is 5. The molecule has 2 aromatic carbocycles. The number of carbonyl (C=O) groups is 1. The Bertz CT molecular complexity index is 840. The van der Waals surface area contributed by atoms with Crippen LogP contribution in [0.25, 0.3) is 0 Å². The standard InChI is InChI=1S/C14H10Cl2FNO4S/c15-9-1-6-13(12(16)7-9)18(8-14(19)20)23(21,22)11-4-2-10(17)3-5-11/h1-7H,8H2,(H,19,20). The van der Waals surface area contributed by atoms with Crippen LogP contribution < -0.4 is 4.31 Å². The lowest BCUT2D eigenvalue weighted by Crippen LogP contribution is -2.36. The van der Waals surface area contributed by atoms with Crippen molar-refractivity contribution in [2.75, 3.05) is 10.8 Å².